The molecule has 2 saturated carbocycles. The summed E-state index contributed by atoms with van der Waals surface area (Å²) < 4.78 is 2.18. The Bertz CT molecular complexity index is 2770. The SMILES string of the molecule is CC(C)n1cnc2cc(-c3ccc4c(c3)N([C@H]3C[C@@H](N5CCCCC5)C3)C(=O)C43CCN(C(=O)C4(O)CCN(C(=O)C5CCN(c6ccc(C7CCC(=O)NC7=O)cc6)CC5)CC4)CC3)nc(NC3CC3)c21. The molecule has 380 valence electrons. The minimum absolute atomic E-state index is 0.0886. The Morgan fingerprint density at radius 1 is 0.792 bits per heavy atom. The van der Waals surface area contributed by atoms with E-state index in [1.54, 1.807) is 4.90 Å². The second-order valence-corrected chi connectivity index (χ2v) is 22.8. The maximum atomic E-state index is 15.2. The van der Waals surface area contributed by atoms with Gasteiger partial charge in [0.2, 0.25) is 23.6 Å². The number of carbonyl (C=O) groups excluding carboxylic acids is 5. The predicted octanol–water partition coefficient (Wildman–Crippen LogP) is 6.27. The van der Waals surface area contributed by atoms with Crippen molar-refractivity contribution in [1.29, 1.82) is 0 Å². The van der Waals surface area contributed by atoms with Gasteiger partial charge < -0.3 is 39.5 Å². The fraction of sp³-hybridized carbons (Fsp3) is 0.589. The molecule has 16 nitrogen and oxygen atoms in total. The largest absolute Gasteiger partial charge is 0.380 e. The van der Waals surface area contributed by atoms with Crippen molar-refractivity contribution in [3.05, 3.63) is 66.0 Å². The van der Waals surface area contributed by atoms with Crippen molar-refractivity contribution >= 4 is 57.8 Å². The topological polar surface area (TPSA) is 177 Å². The number of pyridine rings is 1. The van der Waals surface area contributed by atoms with E-state index in [1.807, 2.05) is 35.5 Å². The normalized spacial score (nSPS) is 25.8. The van der Waals surface area contributed by atoms with Crippen LogP contribution in [0.3, 0.4) is 0 Å². The second kappa shape index (κ2) is 18.6. The van der Waals surface area contributed by atoms with Gasteiger partial charge >= 0.3 is 0 Å². The summed E-state index contributed by atoms with van der Waals surface area (Å²) in [6.45, 7) is 9.43. The molecule has 0 radical (unpaired) electrons. The van der Waals surface area contributed by atoms with E-state index < -0.39 is 11.0 Å². The predicted molar refractivity (Wildman–Crippen MR) is 274 cm³/mol. The number of imidazole rings is 1. The first kappa shape index (κ1) is 47.2. The van der Waals surface area contributed by atoms with Crippen molar-refractivity contribution in [3.63, 3.8) is 0 Å². The van der Waals surface area contributed by atoms with Crippen molar-refractivity contribution < 1.29 is 29.1 Å². The average molecular weight is 979 g/mol. The van der Waals surface area contributed by atoms with Crippen molar-refractivity contribution in [2.45, 2.75) is 151 Å². The number of anilines is 3. The van der Waals surface area contributed by atoms with E-state index in [0.29, 0.717) is 76.8 Å². The maximum absolute atomic E-state index is 15.2. The molecule has 0 bridgehead atoms. The Balaban J connectivity index is 0.705. The van der Waals surface area contributed by atoms with Gasteiger partial charge in [0, 0.05) is 106 Å². The number of nitrogens with one attached hydrogen (secondary N) is 2. The molecular formula is C56H70N10O6. The summed E-state index contributed by atoms with van der Waals surface area (Å²) in [7, 11) is 0. The number of amides is 5. The Labute approximate surface area is 421 Å². The number of carbonyl (C=O) groups is 5. The third-order valence-electron chi connectivity index (χ3n) is 18.0. The average Bonchev–Trinajstić information content (AvgIpc) is 4.05. The first-order valence-corrected chi connectivity index (χ1v) is 27.2. The highest BCUT2D eigenvalue weighted by Gasteiger charge is 2.57. The minimum Gasteiger partial charge on any atom is -0.380 e. The van der Waals surface area contributed by atoms with Crippen LogP contribution in [-0.4, -0.2) is 140 Å². The van der Waals surface area contributed by atoms with E-state index in [-0.39, 0.29) is 66.3 Å². The number of benzene rings is 2. The molecule has 5 saturated heterocycles. The third-order valence-corrected chi connectivity index (χ3v) is 18.0. The van der Waals surface area contributed by atoms with Gasteiger partial charge in [-0.05, 0) is 133 Å². The lowest BCUT2D eigenvalue weighted by atomic mass is 9.73. The fourth-order valence-corrected chi connectivity index (χ4v) is 13.3. The van der Waals surface area contributed by atoms with Crippen LogP contribution in [0.25, 0.3) is 22.3 Å². The number of piperidine rings is 5. The highest BCUT2D eigenvalue weighted by atomic mass is 16.3. The van der Waals surface area contributed by atoms with E-state index in [4.69, 9.17) is 9.97 Å². The number of hydrogen-bond donors (Lipinski definition) is 3. The summed E-state index contributed by atoms with van der Waals surface area (Å²) >= 11 is 0. The van der Waals surface area contributed by atoms with Crippen molar-refractivity contribution in [1.82, 2.24) is 34.6 Å². The number of rotatable bonds is 10. The van der Waals surface area contributed by atoms with Crippen molar-refractivity contribution in [2.24, 2.45) is 5.92 Å². The van der Waals surface area contributed by atoms with Gasteiger partial charge in [0.25, 0.3) is 5.91 Å². The van der Waals surface area contributed by atoms with E-state index in [0.717, 1.165) is 102 Å². The molecule has 2 aromatic carbocycles. The molecule has 3 N–H and O–H groups in total. The molecule has 4 aromatic rings. The molecule has 16 heteroatoms. The molecule has 1 atom stereocenters. The smallest absolute Gasteiger partial charge is 0.254 e. The van der Waals surface area contributed by atoms with Crippen LogP contribution >= 0.6 is 0 Å². The Hall–Kier alpha value is -5.87. The Morgan fingerprint density at radius 2 is 1.50 bits per heavy atom. The van der Waals surface area contributed by atoms with Gasteiger partial charge in [-0.2, -0.15) is 0 Å². The van der Waals surface area contributed by atoms with E-state index in [1.165, 1.54) is 19.3 Å². The standard InChI is InChI=1S/C56H70N10O6/c1-35(2)65-34-57-46-33-45(59-50(49(46)65)58-39-9-10-39)38-8-14-44-47(30-38)66(42-31-41(32-42)61-22-4-3-5-23-61)53(70)55(44)18-26-64(27-19-55)54(71)56(72)20-28-63(29-21-56)52(69)37-16-24-62(25-17-37)40-11-6-36(7-12-40)43-13-15-48(67)60-51(43)68/h6-8,11-12,14,30,33-35,37,39,41-43,72H,3-5,9-10,13,15-29,31-32H2,1-2H3,(H,58,59)(H,60,67,68)/t41-,42+,43?. The lowest BCUT2D eigenvalue weighted by Crippen LogP contribution is -2.60. The molecule has 7 fully saturated rings. The van der Waals surface area contributed by atoms with E-state index in [9.17, 15) is 24.3 Å². The van der Waals surface area contributed by atoms with Crippen LogP contribution in [0, 0.1) is 5.92 Å². The van der Waals surface area contributed by atoms with Crippen molar-refractivity contribution in [2.75, 3.05) is 67.5 Å². The summed E-state index contributed by atoms with van der Waals surface area (Å²) in [4.78, 5) is 88.2. The molecule has 6 aliphatic heterocycles. The zero-order valence-electron chi connectivity index (χ0n) is 42.0. The summed E-state index contributed by atoms with van der Waals surface area (Å²) in [6, 6.07) is 17.8. The number of aliphatic hydroxyl groups is 1. The quantitative estimate of drug-likeness (QED) is 0.153. The molecule has 5 amide bonds. The summed E-state index contributed by atoms with van der Waals surface area (Å²) in [5, 5.41) is 18.1. The summed E-state index contributed by atoms with van der Waals surface area (Å²) in [5.74, 6) is -0.124. The molecule has 72 heavy (non-hydrogen) atoms. The Kier molecular flexibility index (Phi) is 12.2. The highest BCUT2D eigenvalue weighted by molar-refractivity contribution is 6.10. The van der Waals surface area contributed by atoms with Crippen LogP contribution in [0.2, 0.25) is 0 Å². The monoisotopic (exact) mass is 979 g/mol. The second-order valence-electron chi connectivity index (χ2n) is 22.8. The highest BCUT2D eigenvalue weighted by Crippen LogP contribution is 2.52. The number of fused-ring (bicyclic) bond motifs is 3. The fourth-order valence-electron chi connectivity index (χ4n) is 13.3. The first-order valence-electron chi connectivity index (χ1n) is 27.2. The van der Waals surface area contributed by atoms with Crippen LogP contribution in [0.4, 0.5) is 17.2 Å². The Morgan fingerprint density at radius 3 is 2.18 bits per heavy atom. The number of nitrogens with zero attached hydrogens (tertiary/aromatic N) is 8. The van der Waals surface area contributed by atoms with Gasteiger partial charge in [-0.3, -0.25) is 29.3 Å². The third kappa shape index (κ3) is 8.43. The van der Waals surface area contributed by atoms with Gasteiger partial charge in [0.1, 0.15) is 11.1 Å². The molecule has 1 unspecified atom stereocenters. The van der Waals surface area contributed by atoms with Gasteiger partial charge in [-0.1, -0.05) is 30.7 Å². The molecule has 8 heterocycles. The van der Waals surface area contributed by atoms with Crippen LogP contribution in [0.5, 0.6) is 0 Å². The van der Waals surface area contributed by atoms with Gasteiger partial charge in [-0.25, -0.2) is 9.97 Å². The lowest BCUT2D eigenvalue weighted by Gasteiger charge is -2.48. The number of hydrogen-bond acceptors (Lipinski definition) is 11. The van der Waals surface area contributed by atoms with Crippen LogP contribution in [0.15, 0.2) is 54.9 Å². The number of aromatic nitrogens is 3. The molecule has 12 rings (SSSR count). The van der Waals surface area contributed by atoms with Crippen LogP contribution < -0.4 is 20.4 Å². The number of likely N-dealkylation sites (tertiary alicyclic amines) is 3. The first-order chi connectivity index (χ1) is 34.9. The minimum atomic E-state index is -1.56. The van der Waals surface area contributed by atoms with Crippen molar-refractivity contribution in [3.8, 4) is 11.3 Å². The zero-order valence-corrected chi connectivity index (χ0v) is 42.0. The summed E-state index contributed by atoms with van der Waals surface area (Å²) in [5.41, 5.74) is 5.31. The van der Waals surface area contributed by atoms with Gasteiger partial charge in [0.15, 0.2) is 5.82 Å². The molecule has 2 aliphatic carbocycles. The zero-order chi connectivity index (χ0) is 49.5. The number of imide groups is 1. The van der Waals surface area contributed by atoms with Gasteiger partial charge in [-0.15, -0.1) is 0 Å². The molecule has 1 spiro atoms. The lowest BCUT2D eigenvalue weighted by molar-refractivity contribution is -0.161. The molecule has 8 aliphatic rings. The molecular weight excluding hydrogens is 909 g/mol. The van der Waals surface area contributed by atoms with E-state index >= 15 is 4.79 Å². The van der Waals surface area contributed by atoms with E-state index in [2.05, 4.69) is 68.0 Å². The van der Waals surface area contributed by atoms with Crippen LogP contribution in [-0.2, 0) is 29.4 Å². The van der Waals surface area contributed by atoms with Gasteiger partial charge in [0.05, 0.1) is 28.9 Å². The van der Waals surface area contributed by atoms with Crippen LogP contribution in [0.1, 0.15) is 133 Å². The molecule has 2 aromatic heterocycles. The summed E-state index contributed by atoms with van der Waals surface area (Å²) in [6.07, 6.45) is 13.4. The maximum Gasteiger partial charge on any atom is 0.254 e.